The van der Waals surface area contributed by atoms with E-state index in [1.165, 1.54) is 0 Å². The van der Waals surface area contributed by atoms with Gasteiger partial charge in [-0.15, -0.1) is 0 Å². The van der Waals surface area contributed by atoms with Crippen molar-refractivity contribution in [2.45, 2.75) is 6.61 Å². The van der Waals surface area contributed by atoms with Crippen LogP contribution in [0.3, 0.4) is 0 Å². The van der Waals surface area contributed by atoms with Crippen molar-refractivity contribution in [1.82, 2.24) is 0 Å². The molecule has 1 N–H and O–H groups in total. The molecule has 0 aliphatic heterocycles. The summed E-state index contributed by atoms with van der Waals surface area (Å²) in [6, 6.07) is 14.7. The molecule has 0 saturated heterocycles. The van der Waals surface area contributed by atoms with Crippen molar-refractivity contribution in [3.05, 3.63) is 54.1 Å². The molecule has 0 bridgehead atoms. The Hall–Kier alpha value is -2.00. The molecule has 0 saturated carbocycles. The Kier molecular flexibility index (Phi) is 3.62. The summed E-state index contributed by atoms with van der Waals surface area (Å²) in [4.78, 5) is 0. The lowest BCUT2D eigenvalue weighted by Crippen LogP contribution is -1.91. The monoisotopic (exact) mass is 230 g/mol. The second-order valence-electron chi connectivity index (χ2n) is 3.55. The number of para-hydroxylation sites is 1. The van der Waals surface area contributed by atoms with E-state index in [9.17, 15) is 5.11 Å². The van der Waals surface area contributed by atoms with Gasteiger partial charge in [0, 0.05) is 11.6 Å². The molecule has 2 aromatic rings. The van der Waals surface area contributed by atoms with E-state index >= 15 is 0 Å². The van der Waals surface area contributed by atoms with Gasteiger partial charge in [-0.05, 0) is 18.2 Å². The van der Waals surface area contributed by atoms with Crippen LogP contribution in [-0.4, -0.2) is 12.2 Å². The Balaban J connectivity index is 2.24. The van der Waals surface area contributed by atoms with Crippen LogP contribution in [0, 0.1) is 0 Å². The number of rotatable bonds is 4. The summed E-state index contributed by atoms with van der Waals surface area (Å²) in [6.07, 6.45) is 0. The molecule has 0 spiro atoms. The summed E-state index contributed by atoms with van der Waals surface area (Å²) in [5, 5.41) is 9.19. The number of aliphatic hydroxyl groups is 1. The van der Waals surface area contributed by atoms with Gasteiger partial charge < -0.3 is 14.6 Å². The van der Waals surface area contributed by atoms with E-state index in [4.69, 9.17) is 9.47 Å². The normalized spacial score (nSPS) is 10.0. The van der Waals surface area contributed by atoms with E-state index in [1.54, 1.807) is 13.2 Å². The molecule has 0 radical (unpaired) electrons. The lowest BCUT2D eigenvalue weighted by atomic mass is 10.2. The Morgan fingerprint density at radius 1 is 1.00 bits per heavy atom. The summed E-state index contributed by atoms with van der Waals surface area (Å²) < 4.78 is 10.8. The van der Waals surface area contributed by atoms with Crippen molar-refractivity contribution >= 4 is 0 Å². The van der Waals surface area contributed by atoms with E-state index in [1.807, 2.05) is 42.5 Å². The fraction of sp³-hybridized carbons (Fsp3) is 0.143. The summed E-state index contributed by atoms with van der Waals surface area (Å²) in [7, 11) is 1.61. The molecular weight excluding hydrogens is 216 g/mol. The van der Waals surface area contributed by atoms with Gasteiger partial charge >= 0.3 is 0 Å². The zero-order chi connectivity index (χ0) is 12.1. The minimum absolute atomic E-state index is 0.0415. The van der Waals surface area contributed by atoms with Crippen LogP contribution in [0.4, 0.5) is 0 Å². The van der Waals surface area contributed by atoms with E-state index < -0.39 is 0 Å². The highest BCUT2D eigenvalue weighted by Crippen LogP contribution is 2.27. The highest BCUT2D eigenvalue weighted by molar-refractivity contribution is 5.40. The van der Waals surface area contributed by atoms with Crippen LogP contribution in [-0.2, 0) is 6.61 Å². The topological polar surface area (TPSA) is 38.7 Å². The maximum Gasteiger partial charge on any atom is 0.132 e. The molecule has 17 heavy (non-hydrogen) atoms. The van der Waals surface area contributed by atoms with Gasteiger partial charge in [0.25, 0.3) is 0 Å². The molecule has 0 aromatic heterocycles. The number of benzene rings is 2. The fourth-order valence-electron chi connectivity index (χ4n) is 1.53. The van der Waals surface area contributed by atoms with Crippen molar-refractivity contribution in [1.29, 1.82) is 0 Å². The molecular formula is C14H14O3. The van der Waals surface area contributed by atoms with Crippen LogP contribution in [0.5, 0.6) is 17.2 Å². The highest BCUT2D eigenvalue weighted by Gasteiger charge is 2.03. The zero-order valence-corrected chi connectivity index (χ0v) is 9.59. The summed E-state index contributed by atoms with van der Waals surface area (Å²) >= 11 is 0. The highest BCUT2D eigenvalue weighted by atomic mass is 16.5. The van der Waals surface area contributed by atoms with Gasteiger partial charge in [-0.3, -0.25) is 0 Å². The van der Waals surface area contributed by atoms with Crippen molar-refractivity contribution in [2.24, 2.45) is 0 Å². The van der Waals surface area contributed by atoms with Crippen molar-refractivity contribution in [3.8, 4) is 17.2 Å². The number of hydrogen-bond donors (Lipinski definition) is 1. The van der Waals surface area contributed by atoms with E-state index in [0.717, 1.165) is 11.3 Å². The van der Waals surface area contributed by atoms with E-state index in [-0.39, 0.29) is 6.61 Å². The molecule has 2 aromatic carbocycles. The Bertz CT molecular complexity index is 494. The van der Waals surface area contributed by atoms with Crippen LogP contribution in [0.2, 0.25) is 0 Å². The first-order valence-electron chi connectivity index (χ1n) is 5.34. The maximum atomic E-state index is 9.19. The number of hydrogen-bond acceptors (Lipinski definition) is 3. The third-order valence-electron chi connectivity index (χ3n) is 2.41. The van der Waals surface area contributed by atoms with Gasteiger partial charge in [0.1, 0.15) is 17.2 Å². The third-order valence-corrected chi connectivity index (χ3v) is 2.41. The maximum absolute atomic E-state index is 9.19. The molecule has 0 aliphatic rings. The average molecular weight is 230 g/mol. The second-order valence-corrected chi connectivity index (χ2v) is 3.55. The second kappa shape index (κ2) is 5.37. The molecule has 0 fully saturated rings. The number of methoxy groups -OCH3 is 1. The average Bonchev–Trinajstić information content (AvgIpc) is 2.39. The van der Waals surface area contributed by atoms with Gasteiger partial charge in [0.15, 0.2) is 0 Å². The predicted molar refractivity (Wildman–Crippen MR) is 65.4 cm³/mol. The number of ether oxygens (including phenoxy) is 2. The van der Waals surface area contributed by atoms with Gasteiger partial charge in [-0.1, -0.05) is 24.3 Å². The summed E-state index contributed by atoms with van der Waals surface area (Å²) in [5.74, 6) is 2.08. The van der Waals surface area contributed by atoms with Crippen molar-refractivity contribution < 1.29 is 14.6 Å². The Labute approximate surface area is 100 Å². The van der Waals surface area contributed by atoms with Crippen LogP contribution in [0.15, 0.2) is 48.5 Å². The van der Waals surface area contributed by atoms with Gasteiger partial charge in [0.05, 0.1) is 13.7 Å². The minimum Gasteiger partial charge on any atom is -0.497 e. The van der Waals surface area contributed by atoms with Crippen molar-refractivity contribution in [3.63, 3.8) is 0 Å². The van der Waals surface area contributed by atoms with Crippen molar-refractivity contribution in [2.75, 3.05) is 7.11 Å². The van der Waals surface area contributed by atoms with Crippen LogP contribution in [0.25, 0.3) is 0 Å². The quantitative estimate of drug-likeness (QED) is 0.877. The largest absolute Gasteiger partial charge is 0.497 e. The molecule has 0 atom stereocenters. The van der Waals surface area contributed by atoms with Gasteiger partial charge in [0.2, 0.25) is 0 Å². The molecule has 0 aliphatic carbocycles. The minimum atomic E-state index is -0.0415. The van der Waals surface area contributed by atoms with Crippen LogP contribution in [0.1, 0.15) is 5.56 Å². The third kappa shape index (κ3) is 2.77. The molecule has 88 valence electrons. The smallest absolute Gasteiger partial charge is 0.132 e. The molecule has 0 amide bonds. The summed E-state index contributed by atoms with van der Waals surface area (Å²) in [5.41, 5.74) is 0.760. The Morgan fingerprint density at radius 3 is 2.53 bits per heavy atom. The first-order valence-corrected chi connectivity index (χ1v) is 5.34. The van der Waals surface area contributed by atoms with E-state index in [0.29, 0.717) is 11.5 Å². The predicted octanol–water partition coefficient (Wildman–Crippen LogP) is 2.98. The van der Waals surface area contributed by atoms with Crippen LogP contribution < -0.4 is 9.47 Å². The SMILES string of the molecule is COc1cccc(Oc2ccccc2CO)c1. The Morgan fingerprint density at radius 2 is 1.76 bits per heavy atom. The first kappa shape index (κ1) is 11.5. The summed E-state index contributed by atoms with van der Waals surface area (Å²) in [6.45, 7) is -0.0415. The van der Waals surface area contributed by atoms with E-state index in [2.05, 4.69) is 0 Å². The van der Waals surface area contributed by atoms with Crippen LogP contribution >= 0.6 is 0 Å². The lowest BCUT2D eigenvalue weighted by molar-refractivity contribution is 0.276. The standard InChI is InChI=1S/C14H14O3/c1-16-12-6-4-7-13(9-12)17-14-8-3-2-5-11(14)10-15/h2-9,15H,10H2,1H3. The molecule has 0 heterocycles. The lowest BCUT2D eigenvalue weighted by Gasteiger charge is -2.10. The molecule has 0 unspecified atom stereocenters. The molecule has 3 nitrogen and oxygen atoms in total. The van der Waals surface area contributed by atoms with Gasteiger partial charge in [-0.25, -0.2) is 0 Å². The molecule has 2 rings (SSSR count). The molecule has 3 heteroatoms. The first-order chi connectivity index (χ1) is 8.33. The number of aliphatic hydroxyl groups excluding tert-OH is 1. The fourth-order valence-corrected chi connectivity index (χ4v) is 1.53. The van der Waals surface area contributed by atoms with Gasteiger partial charge in [-0.2, -0.15) is 0 Å². The zero-order valence-electron chi connectivity index (χ0n) is 9.59.